The van der Waals surface area contributed by atoms with Crippen LogP contribution in [-0.4, -0.2) is 49.8 Å². The van der Waals surface area contributed by atoms with Crippen LogP contribution in [0.4, 0.5) is 0 Å². The average molecular weight is 246 g/mol. The molecule has 1 aromatic heterocycles. The molecule has 2 N–H and O–H groups in total. The fourth-order valence-electron chi connectivity index (χ4n) is 0.984. The Balaban J connectivity index is 2.47. The lowest BCUT2D eigenvalue weighted by atomic mass is 10.4. The highest BCUT2D eigenvalue weighted by Gasteiger charge is 2.15. The van der Waals surface area contributed by atoms with Gasteiger partial charge < -0.3 is 9.88 Å². The summed E-state index contributed by atoms with van der Waals surface area (Å²) < 4.78 is 25.4. The molecule has 1 amide bonds. The van der Waals surface area contributed by atoms with Crippen molar-refractivity contribution < 1.29 is 13.2 Å². The number of amides is 1. The number of nitrogens with zero attached hydrogens (tertiary/aromatic N) is 2. The standard InChI is InChI=1S/C8H14N4O3S/c1-12(2)8(13)3-4-11-16(14,15)7-5-9-6-10-7/h5-6,11H,3-4H2,1-2H3,(H,9,10). The molecule has 0 unspecified atom stereocenters. The van der Waals surface area contributed by atoms with E-state index in [-0.39, 0.29) is 23.9 Å². The Morgan fingerprint density at radius 3 is 2.75 bits per heavy atom. The molecular formula is C8H14N4O3S. The summed E-state index contributed by atoms with van der Waals surface area (Å²) in [5.41, 5.74) is 0. The minimum absolute atomic E-state index is 0.00944. The molecule has 0 bridgehead atoms. The molecule has 0 saturated carbocycles. The van der Waals surface area contributed by atoms with Gasteiger partial charge in [-0.15, -0.1) is 0 Å². The van der Waals surface area contributed by atoms with Gasteiger partial charge in [0, 0.05) is 27.1 Å². The van der Waals surface area contributed by atoms with Gasteiger partial charge in [-0.1, -0.05) is 0 Å². The van der Waals surface area contributed by atoms with E-state index in [1.807, 2.05) is 0 Å². The van der Waals surface area contributed by atoms with E-state index >= 15 is 0 Å². The topological polar surface area (TPSA) is 95.2 Å². The molecule has 0 saturated heterocycles. The SMILES string of the molecule is CN(C)C(=O)CCNS(=O)(=O)c1cnc[nH]1. The van der Waals surface area contributed by atoms with Crippen molar-refractivity contribution in [2.24, 2.45) is 0 Å². The third-order valence-electron chi connectivity index (χ3n) is 1.89. The summed E-state index contributed by atoms with van der Waals surface area (Å²) >= 11 is 0. The van der Waals surface area contributed by atoms with E-state index in [9.17, 15) is 13.2 Å². The zero-order valence-electron chi connectivity index (χ0n) is 9.10. The second-order valence-corrected chi connectivity index (χ2v) is 5.09. The first-order valence-electron chi connectivity index (χ1n) is 4.61. The van der Waals surface area contributed by atoms with E-state index in [2.05, 4.69) is 14.7 Å². The van der Waals surface area contributed by atoms with Gasteiger partial charge in [0.1, 0.15) is 0 Å². The van der Waals surface area contributed by atoms with Crippen LogP contribution in [0, 0.1) is 0 Å². The summed E-state index contributed by atoms with van der Waals surface area (Å²) in [5, 5.41) is -0.00944. The number of aromatic amines is 1. The molecule has 0 spiro atoms. The number of imidazole rings is 1. The summed E-state index contributed by atoms with van der Waals surface area (Å²) in [4.78, 5) is 18.7. The van der Waals surface area contributed by atoms with Crippen LogP contribution in [0.25, 0.3) is 0 Å². The summed E-state index contributed by atoms with van der Waals surface area (Å²) in [6, 6.07) is 0. The van der Waals surface area contributed by atoms with Crippen molar-refractivity contribution in [3.05, 3.63) is 12.5 Å². The van der Waals surface area contributed by atoms with E-state index in [0.717, 1.165) is 0 Å². The second kappa shape index (κ2) is 5.08. The molecule has 0 aromatic carbocycles. The van der Waals surface area contributed by atoms with Gasteiger partial charge in [-0.2, -0.15) is 0 Å². The quantitative estimate of drug-likeness (QED) is 0.708. The van der Waals surface area contributed by atoms with Crippen LogP contribution >= 0.6 is 0 Å². The first-order chi connectivity index (χ1) is 7.43. The van der Waals surface area contributed by atoms with Crippen molar-refractivity contribution in [1.29, 1.82) is 0 Å². The molecule has 7 nitrogen and oxygen atoms in total. The van der Waals surface area contributed by atoms with Crippen LogP contribution in [0.2, 0.25) is 0 Å². The fourth-order valence-corrected chi connectivity index (χ4v) is 1.92. The van der Waals surface area contributed by atoms with E-state index < -0.39 is 10.0 Å². The Labute approximate surface area is 93.9 Å². The van der Waals surface area contributed by atoms with Crippen molar-refractivity contribution >= 4 is 15.9 Å². The van der Waals surface area contributed by atoms with Crippen molar-refractivity contribution in [2.75, 3.05) is 20.6 Å². The number of hydrogen-bond acceptors (Lipinski definition) is 4. The number of sulfonamides is 1. The van der Waals surface area contributed by atoms with Crippen LogP contribution in [-0.2, 0) is 14.8 Å². The molecule has 1 rings (SSSR count). The predicted molar refractivity (Wildman–Crippen MR) is 57.1 cm³/mol. The number of aromatic nitrogens is 2. The second-order valence-electron chi connectivity index (χ2n) is 3.35. The number of hydrogen-bond donors (Lipinski definition) is 2. The van der Waals surface area contributed by atoms with Crippen molar-refractivity contribution in [2.45, 2.75) is 11.4 Å². The highest BCUT2D eigenvalue weighted by atomic mass is 32.2. The number of H-pyrrole nitrogens is 1. The van der Waals surface area contributed by atoms with Crippen molar-refractivity contribution in [3.8, 4) is 0 Å². The normalized spacial score (nSPS) is 11.4. The number of carbonyl (C=O) groups is 1. The third-order valence-corrected chi connectivity index (χ3v) is 3.28. The molecule has 90 valence electrons. The Morgan fingerprint density at radius 2 is 2.25 bits per heavy atom. The number of nitrogens with one attached hydrogen (secondary N) is 2. The molecule has 0 fully saturated rings. The monoisotopic (exact) mass is 246 g/mol. The molecule has 0 radical (unpaired) electrons. The molecule has 0 aliphatic carbocycles. The van der Waals surface area contributed by atoms with E-state index in [0.29, 0.717) is 0 Å². The number of rotatable bonds is 5. The van der Waals surface area contributed by atoms with E-state index in [1.165, 1.54) is 17.4 Å². The molecule has 16 heavy (non-hydrogen) atoms. The zero-order valence-corrected chi connectivity index (χ0v) is 9.91. The van der Waals surface area contributed by atoms with Crippen LogP contribution in [0.5, 0.6) is 0 Å². The van der Waals surface area contributed by atoms with Gasteiger partial charge >= 0.3 is 0 Å². The Morgan fingerprint density at radius 1 is 1.56 bits per heavy atom. The lowest BCUT2D eigenvalue weighted by Gasteiger charge is -2.10. The van der Waals surface area contributed by atoms with E-state index in [1.54, 1.807) is 14.1 Å². The lowest BCUT2D eigenvalue weighted by molar-refractivity contribution is -0.128. The Hall–Kier alpha value is -1.41. The highest BCUT2D eigenvalue weighted by Crippen LogP contribution is 2.01. The molecule has 0 aliphatic rings. The maximum absolute atomic E-state index is 11.5. The fraction of sp³-hybridized carbons (Fsp3) is 0.500. The maximum Gasteiger partial charge on any atom is 0.257 e. The van der Waals surface area contributed by atoms with E-state index in [4.69, 9.17) is 0 Å². The van der Waals surface area contributed by atoms with Gasteiger partial charge in [0.25, 0.3) is 10.0 Å². The summed E-state index contributed by atoms with van der Waals surface area (Å²) in [6.45, 7) is 0.0678. The first kappa shape index (κ1) is 12.7. The molecular weight excluding hydrogens is 232 g/mol. The van der Waals surface area contributed by atoms with Crippen molar-refractivity contribution in [1.82, 2.24) is 19.6 Å². The smallest absolute Gasteiger partial charge is 0.257 e. The van der Waals surface area contributed by atoms with Gasteiger partial charge in [0.2, 0.25) is 5.91 Å². The van der Waals surface area contributed by atoms with Crippen LogP contribution in [0.1, 0.15) is 6.42 Å². The molecule has 0 atom stereocenters. The van der Waals surface area contributed by atoms with Crippen LogP contribution in [0.3, 0.4) is 0 Å². The minimum Gasteiger partial charge on any atom is -0.349 e. The van der Waals surface area contributed by atoms with Gasteiger partial charge in [-0.3, -0.25) is 4.79 Å². The summed E-state index contributed by atoms with van der Waals surface area (Å²) in [5.74, 6) is -0.132. The third kappa shape index (κ3) is 3.31. The maximum atomic E-state index is 11.5. The molecule has 1 heterocycles. The zero-order chi connectivity index (χ0) is 12.2. The Kier molecular flexibility index (Phi) is 4.02. The van der Waals surface area contributed by atoms with Gasteiger partial charge in [0.15, 0.2) is 5.03 Å². The Bertz CT molecular complexity index is 438. The molecule has 8 heteroatoms. The highest BCUT2D eigenvalue weighted by molar-refractivity contribution is 7.89. The van der Waals surface area contributed by atoms with Crippen LogP contribution in [0.15, 0.2) is 17.6 Å². The predicted octanol–water partition coefficient (Wildman–Crippen LogP) is -0.834. The van der Waals surface area contributed by atoms with Crippen LogP contribution < -0.4 is 4.72 Å². The lowest BCUT2D eigenvalue weighted by Crippen LogP contribution is -2.30. The van der Waals surface area contributed by atoms with Crippen molar-refractivity contribution in [3.63, 3.8) is 0 Å². The first-order valence-corrected chi connectivity index (χ1v) is 6.10. The minimum atomic E-state index is -3.58. The summed E-state index contributed by atoms with van der Waals surface area (Å²) in [6.07, 6.45) is 2.61. The van der Waals surface area contributed by atoms with Gasteiger partial charge in [-0.05, 0) is 0 Å². The van der Waals surface area contributed by atoms with Gasteiger partial charge in [0.05, 0.1) is 12.5 Å². The molecule has 0 aliphatic heterocycles. The molecule has 1 aromatic rings. The average Bonchev–Trinajstić information content (AvgIpc) is 2.70. The van der Waals surface area contributed by atoms with Gasteiger partial charge in [-0.25, -0.2) is 18.1 Å². The number of carbonyl (C=O) groups excluding carboxylic acids is 1. The largest absolute Gasteiger partial charge is 0.349 e. The summed E-state index contributed by atoms with van der Waals surface area (Å²) in [7, 11) is -0.344.